The fraction of sp³-hybridized carbons (Fsp3) is 0.167. The quantitative estimate of drug-likeness (QED) is 0.860. The number of anilines is 1. The lowest BCUT2D eigenvalue weighted by atomic mass is 10.3. The molecule has 2 aromatic rings. The third kappa shape index (κ3) is 2.84. The number of methoxy groups -OCH3 is 1. The molecular formula is C12H12N2O3S. The molecule has 1 N–H and O–H groups in total. The first-order valence-corrected chi connectivity index (χ1v) is 6.41. The van der Waals surface area contributed by atoms with Crippen LogP contribution in [0.4, 0.5) is 5.69 Å². The van der Waals surface area contributed by atoms with Gasteiger partial charge < -0.3 is 14.6 Å². The summed E-state index contributed by atoms with van der Waals surface area (Å²) in [5.41, 5.74) is 0.710. The second kappa shape index (κ2) is 5.59. The molecule has 0 spiro atoms. The number of carbonyl (C=O) groups excluding carboxylic acids is 1. The number of nitrogens with one attached hydrogen (secondary N) is 1. The second-order valence-corrected chi connectivity index (χ2v) is 4.30. The topological polar surface area (TPSA) is 64.4 Å². The standard InChI is InChI=1S/C12H12N2O3S/c1-16-11-7-10(17-14-11)12(15)13-8-4-3-5-9(6-8)18-2/h3-7H,1-2H3,(H,13,15). The zero-order valence-electron chi connectivity index (χ0n) is 9.97. The molecule has 0 radical (unpaired) electrons. The summed E-state index contributed by atoms with van der Waals surface area (Å²) in [7, 11) is 1.46. The Morgan fingerprint density at radius 2 is 2.28 bits per heavy atom. The van der Waals surface area contributed by atoms with Gasteiger partial charge in [-0.1, -0.05) is 6.07 Å². The number of carbonyl (C=O) groups is 1. The van der Waals surface area contributed by atoms with Crippen LogP contribution in [-0.4, -0.2) is 24.4 Å². The maximum absolute atomic E-state index is 11.8. The maximum Gasteiger partial charge on any atom is 0.294 e. The molecule has 0 atom stereocenters. The summed E-state index contributed by atoms with van der Waals surface area (Å²) in [6.45, 7) is 0. The fourth-order valence-electron chi connectivity index (χ4n) is 1.36. The average molecular weight is 264 g/mol. The lowest BCUT2D eigenvalue weighted by molar-refractivity contribution is 0.0987. The molecule has 2 rings (SSSR count). The fourth-order valence-corrected chi connectivity index (χ4v) is 1.82. The highest BCUT2D eigenvalue weighted by atomic mass is 32.2. The van der Waals surface area contributed by atoms with Gasteiger partial charge in [-0.2, -0.15) is 0 Å². The summed E-state index contributed by atoms with van der Waals surface area (Å²) in [6, 6.07) is 8.98. The molecule has 6 heteroatoms. The molecule has 94 valence electrons. The van der Waals surface area contributed by atoms with Crippen molar-refractivity contribution in [2.24, 2.45) is 0 Å². The molecule has 1 heterocycles. The number of benzene rings is 1. The van der Waals surface area contributed by atoms with Gasteiger partial charge in [0.15, 0.2) is 0 Å². The van der Waals surface area contributed by atoms with Crippen LogP contribution in [0.25, 0.3) is 0 Å². The van der Waals surface area contributed by atoms with Crippen LogP contribution in [0.3, 0.4) is 0 Å². The van der Waals surface area contributed by atoms with Crippen LogP contribution in [0, 0.1) is 0 Å². The molecular weight excluding hydrogens is 252 g/mol. The Morgan fingerprint density at radius 3 is 2.94 bits per heavy atom. The van der Waals surface area contributed by atoms with E-state index in [1.165, 1.54) is 13.2 Å². The number of nitrogens with zero attached hydrogens (tertiary/aromatic N) is 1. The SMILES string of the molecule is COc1cc(C(=O)Nc2cccc(SC)c2)on1. The predicted octanol–water partition coefficient (Wildman–Crippen LogP) is 2.66. The summed E-state index contributed by atoms with van der Waals surface area (Å²) >= 11 is 1.61. The van der Waals surface area contributed by atoms with E-state index in [-0.39, 0.29) is 17.5 Å². The van der Waals surface area contributed by atoms with Crippen molar-refractivity contribution in [2.75, 3.05) is 18.7 Å². The molecule has 0 fully saturated rings. The maximum atomic E-state index is 11.8. The number of aromatic nitrogens is 1. The van der Waals surface area contributed by atoms with Crippen molar-refractivity contribution in [1.82, 2.24) is 5.16 Å². The zero-order valence-corrected chi connectivity index (χ0v) is 10.8. The molecule has 0 aliphatic carbocycles. The van der Waals surface area contributed by atoms with Crippen molar-refractivity contribution in [3.8, 4) is 5.88 Å². The lowest BCUT2D eigenvalue weighted by Crippen LogP contribution is -2.10. The van der Waals surface area contributed by atoms with Gasteiger partial charge >= 0.3 is 0 Å². The smallest absolute Gasteiger partial charge is 0.294 e. The third-order valence-electron chi connectivity index (χ3n) is 2.25. The third-order valence-corrected chi connectivity index (χ3v) is 2.97. The molecule has 1 aromatic heterocycles. The number of ether oxygens (including phenoxy) is 1. The number of hydrogen-bond acceptors (Lipinski definition) is 5. The minimum Gasteiger partial charge on any atom is -0.479 e. The largest absolute Gasteiger partial charge is 0.479 e. The van der Waals surface area contributed by atoms with Gasteiger partial charge in [0, 0.05) is 10.6 Å². The van der Waals surface area contributed by atoms with Crippen molar-refractivity contribution in [3.63, 3.8) is 0 Å². The Balaban J connectivity index is 2.10. The first-order chi connectivity index (χ1) is 8.72. The number of amides is 1. The van der Waals surface area contributed by atoms with Crippen molar-refractivity contribution < 1.29 is 14.1 Å². The zero-order chi connectivity index (χ0) is 13.0. The van der Waals surface area contributed by atoms with Crippen LogP contribution in [0.5, 0.6) is 5.88 Å². The van der Waals surface area contributed by atoms with Crippen molar-refractivity contribution in [1.29, 1.82) is 0 Å². The van der Waals surface area contributed by atoms with Gasteiger partial charge in [0.05, 0.1) is 13.2 Å². The molecule has 18 heavy (non-hydrogen) atoms. The minimum atomic E-state index is -0.357. The molecule has 0 bridgehead atoms. The highest BCUT2D eigenvalue weighted by molar-refractivity contribution is 7.98. The predicted molar refractivity (Wildman–Crippen MR) is 69.2 cm³/mol. The van der Waals surface area contributed by atoms with Crippen molar-refractivity contribution in [3.05, 3.63) is 36.1 Å². The Morgan fingerprint density at radius 1 is 1.44 bits per heavy atom. The Labute approximate surface area is 108 Å². The highest BCUT2D eigenvalue weighted by Crippen LogP contribution is 2.20. The van der Waals surface area contributed by atoms with E-state index in [1.807, 2.05) is 30.5 Å². The van der Waals surface area contributed by atoms with Crippen LogP contribution >= 0.6 is 11.8 Å². The lowest BCUT2D eigenvalue weighted by Gasteiger charge is -2.03. The molecule has 0 saturated heterocycles. The van der Waals surface area contributed by atoms with Gasteiger partial charge in [0.25, 0.3) is 11.8 Å². The molecule has 1 amide bonds. The number of thioether (sulfide) groups is 1. The van der Waals surface area contributed by atoms with Gasteiger partial charge in [0.2, 0.25) is 5.76 Å². The van der Waals surface area contributed by atoms with Gasteiger partial charge in [-0.15, -0.1) is 11.8 Å². The van der Waals surface area contributed by atoms with Gasteiger partial charge in [0.1, 0.15) is 0 Å². The van der Waals surface area contributed by atoms with Gasteiger partial charge in [-0.3, -0.25) is 4.79 Å². The van der Waals surface area contributed by atoms with E-state index in [9.17, 15) is 4.79 Å². The van der Waals surface area contributed by atoms with Crippen LogP contribution in [0.2, 0.25) is 0 Å². The van der Waals surface area contributed by atoms with Crippen LogP contribution in [0.1, 0.15) is 10.6 Å². The van der Waals surface area contributed by atoms with E-state index in [0.717, 1.165) is 4.90 Å². The van der Waals surface area contributed by atoms with Crippen LogP contribution in [-0.2, 0) is 0 Å². The van der Waals surface area contributed by atoms with Crippen LogP contribution < -0.4 is 10.1 Å². The monoisotopic (exact) mass is 264 g/mol. The number of rotatable bonds is 4. The highest BCUT2D eigenvalue weighted by Gasteiger charge is 2.13. The van der Waals surface area contributed by atoms with E-state index >= 15 is 0 Å². The summed E-state index contributed by atoms with van der Waals surface area (Å²) in [5, 5.41) is 6.30. The first-order valence-electron chi connectivity index (χ1n) is 5.19. The molecule has 1 aromatic carbocycles. The Hall–Kier alpha value is -1.95. The second-order valence-electron chi connectivity index (χ2n) is 3.42. The van der Waals surface area contributed by atoms with E-state index < -0.39 is 0 Å². The molecule has 0 unspecified atom stereocenters. The average Bonchev–Trinajstić information content (AvgIpc) is 2.88. The van der Waals surface area contributed by atoms with Crippen molar-refractivity contribution >= 4 is 23.4 Å². The van der Waals surface area contributed by atoms with Crippen molar-refractivity contribution in [2.45, 2.75) is 4.90 Å². The molecule has 0 saturated carbocycles. The first kappa shape index (κ1) is 12.5. The van der Waals surface area contributed by atoms with E-state index in [4.69, 9.17) is 9.26 Å². The minimum absolute atomic E-state index is 0.112. The molecule has 0 aliphatic heterocycles. The Kier molecular flexibility index (Phi) is 3.88. The summed E-state index contributed by atoms with van der Waals surface area (Å²) in [5.74, 6) is 0.0310. The Bertz CT molecular complexity index is 554. The van der Waals surface area contributed by atoms with E-state index in [1.54, 1.807) is 11.8 Å². The van der Waals surface area contributed by atoms with Crippen LogP contribution in [0.15, 0.2) is 39.8 Å². The number of hydrogen-bond donors (Lipinski definition) is 1. The van der Waals surface area contributed by atoms with E-state index in [0.29, 0.717) is 5.69 Å². The van der Waals surface area contributed by atoms with Gasteiger partial charge in [-0.25, -0.2) is 0 Å². The summed E-state index contributed by atoms with van der Waals surface area (Å²) in [6.07, 6.45) is 1.97. The van der Waals surface area contributed by atoms with Gasteiger partial charge in [-0.05, 0) is 29.6 Å². The molecule has 0 aliphatic rings. The normalized spacial score (nSPS) is 10.1. The summed E-state index contributed by atoms with van der Waals surface area (Å²) < 4.78 is 9.70. The van der Waals surface area contributed by atoms with E-state index in [2.05, 4.69) is 10.5 Å². The molecule has 5 nitrogen and oxygen atoms in total. The summed E-state index contributed by atoms with van der Waals surface area (Å²) in [4.78, 5) is 12.9.